The minimum Gasteiger partial charge on any atom is -0.354 e. The smallest absolute Gasteiger partial charge is 0.224 e. The molecule has 1 aromatic carbocycles. The maximum Gasteiger partial charge on any atom is 0.224 e. The molecule has 0 aromatic heterocycles. The van der Waals surface area contributed by atoms with E-state index in [4.69, 9.17) is 0 Å². The first-order valence-corrected chi connectivity index (χ1v) is 9.32. The fourth-order valence-corrected chi connectivity index (χ4v) is 4.97. The van der Waals surface area contributed by atoms with E-state index in [1.807, 2.05) is 11.8 Å². The number of carbonyl (C=O) groups excluding carboxylic acids is 1. The van der Waals surface area contributed by atoms with Crippen molar-refractivity contribution in [1.82, 2.24) is 10.6 Å². The molecule has 22 heavy (non-hydrogen) atoms. The average molecular weight is 318 g/mol. The lowest BCUT2D eigenvalue weighted by molar-refractivity contribution is -0.125. The molecule has 1 aliphatic carbocycles. The summed E-state index contributed by atoms with van der Waals surface area (Å²) in [4.78, 5) is 13.7. The topological polar surface area (TPSA) is 41.1 Å². The van der Waals surface area contributed by atoms with Crippen molar-refractivity contribution in [2.24, 2.45) is 5.92 Å². The summed E-state index contributed by atoms with van der Waals surface area (Å²) in [6, 6.07) is 10.6. The molecular weight excluding hydrogens is 292 g/mol. The number of nitrogens with one attached hydrogen (secondary N) is 2. The molecule has 2 N–H and O–H groups in total. The third kappa shape index (κ3) is 4.05. The van der Waals surface area contributed by atoms with Crippen LogP contribution in [0.25, 0.3) is 0 Å². The summed E-state index contributed by atoms with van der Waals surface area (Å²) in [5.74, 6) is 0.404. The van der Waals surface area contributed by atoms with Gasteiger partial charge in [-0.3, -0.25) is 4.79 Å². The maximum atomic E-state index is 12.4. The van der Waals surface area contributed by atoms with Crippen LogP contribution in [-0.4, -0.2) is 30.3 Å². The van der Waals surface area contributed by atoms with E-state index in [1.165, 1.54) is 30.6 Å². The van der Waals surface area contributed by atoms with Crippen molar-refractivity contribution in [3.05, 3.63) is 30.3 Å². The van der Waals surface area contributed by atoms with Gasteiger partial charge in [-0.2, -0.15) is 0 Å². The molecule has 1 atom stereocenters. The van der Waals surface area contributed by atoms with Crippen LogP contribution in [0.15, 0.2) is 35.2 Å². The number of carbonyl (C=O) groups is 1. The fraction of sp³-hybridized carbons (Fsp3) is 0.611. The van der Waals surface area contributed by atoms with Crippen molar-refractivity contribution in [3.63, 3.8) is 0 Å². The van der Waals surface area contributed by atoms with Gasteiger partial charge in [0.1, 0.15) is 0 Å². The van der Waals surface area contributed by atoms with Crippen LogP contribution >= 0.6 is 11.8 Å². The van der Waals surface area contributed by atoms with E-state index in [1.54, 1.807) is 0 Å². The van der Waals surface area contributed by atoms with Crippen molar-refractivity contribution >= 4 is 17.7 Å². The minimum absolute atomic E-state index is 0.161. The first-order valence-electron chi connectivity index (χ1n) is 8.50. The standard InChI is InChI=1S/C18H26N2OS/c21-17(15-7-6-12-19-13-15)20-14-18(10-4-5-11-18)22-16-8-2-1-3-9-16/h1-3,8-9,15,19H,4-7,10-14H2,(H,20,21). The highest BCUT2D eigenvalue weighted by Crippen LogP contribution is 2.44. The second-order valence-electron chi connectivity index (χ2n) is 6.57. The van der Waals surface area contributed by atoms with Crippen molar-refractivity contribution in [2.75, 3.05) is 19.6 Å². The second-order valence-corrected chi connectivity index (χ2v) is 8.11. The highest BCUT2D eigenvalue weighted by molar-refractivity contribution is 8.00. The molecular formula is C18H26N2OS. The Morgan fingerprint density at radius 1 is 1.23 bits per heavy atom. The van der Waals surface area contributed by atoms with E-state index in [-0.39, 0.29) is 16.6 Å². The summed E-state index contributed by atoms with van der Waals surface area (Å²) in [5, 5.41) is 6.58. The Kier molecular flexibility index (Phi) is 5.42. The zero-order valence-corrected chi connectivity index (χ0v) is 14.0. The third-order valence-electron chi connectivity index (χ3n) is 4.84. The summed E-state index contributed by atoms with van der Waals surface area (Å²) in [7, 11) is 0. The molecule has 2 fully saturated rings. The van der Waals surface area contributed by atoms with Crippen LogP contribution in [0, 0.1) is 5.92 Å². The molecule has 2 aliphatic rings. The van der Waals surface area contributed by atoms with Gasteiger partial charge < -0.3 is 10.6 Å². The number of hydrogen-bond donors (Lipinski definition) is 2. The maximum absolute atomic E-state index is 12.4. The predicted octanol–water partition coefficient (Wildman–Crippen LogP) is 3.21. The Morgan fingerprint density at radius 2 is 2.00 bits per heavy atom. The van der Waals surface area contributed by atoms with Gasteiger partial charge in [-0.15, -0.1) is 11.8 Å². The molecule has 120 valence electrons. The zero-order chi connectivity index (χ0) is 15.3. The largest absolute Gasteiger partial charge is 0.354 e. The Bertz CT molecular complexity index is 479. The summed E-state index contributed by atoms with van der Waals surface area (Å²) in [6.45, 7) is 2.70. The second kappa shape index (κ2) is 7.51. The van der Waals surface area contributed by atoms with Gasteiger partial charge >= 0.3 is 0 Å². The molecule has 1 saturated heterocycles. The van der Waals surface area contributed by atoms with E-state index in [0.717, 1.165) is 32.5 Å². The predicted molar refractivity (Wildman–Crippen MR) is 92.1 cm³/mol. The van der Waals surface area contributed by atoms with Gasteiger partial charge in [-0.1, -0.05) is 31.0 Å². The third-order valence-corrected chi connectivity index (χ3v) is 6.34. The highest BCUT2D eigenvalue weighted by atomic mass is 32.2. The number of rotatable bonds is 5. The summed E-state index contributed by atoms with van der Waals surface area (Å²) in [5.41, 5.74) is 0. The van der Waals surface area contributed by atoms with Crippen molar-refractivity contribution in [1.29, 1.82) is 0 Å². The van der Waals surface area contributed by atoms with Crippen LogP contribution in [0.5, 0.6) is 0 Å². The molecule has 1 amide bonds. The van der Waals surface area contributed by atoms with Gasteiger partial charge in [0.15, 0.2) is 0 Å². The minimum atomic E-state index is 0.161. The van der Waals surface area contributed by atoms with Crippen molar-refractivity contribution < 1.29 is 4.79 Å². The first kappa shape index (κ1) is 15.9. The quantitative estimate of drug-likeness (QED) is 0.876. The van der Waals surface area contributed by atoms with Crippen molar-refractivity contribution in [2.45, 2.75) is 48.2 Å². The van der Waals surface area contributed by atoms with Gasteiger partial charge in [0, 0.05) is 22.7 Å². The Morgan fingerprint density at radius 3 is 2.68 bits per heavy atom. The van der Waals surface area contributed by atoms with Gasteiger partial charge in [-0.25, -0.2) is 0 Å². The Hall–Kier alpha value is -1.00. The Balaban J connectivity index is 1.58. The van der Waals surface area contributed by atoms with Gasteiger partial charge in [-0.05, 0) is 44.4 Å². The van der Waals surface area contributed by atoms with Crippen LogP contribution in [0.4, 0.5) is 0 Å². The van der Waals surface area contributed by atoms with E-state index >= 15 is 0 Å². The van der Waals surface area contributed by atoms with E-state index in [0.29, 0.717) is 0 Å². The number of benzene rings is 1. The molecule has 4 heteroatoms. The molecule has 1 aliphatic heterocycles. The van der Waals surface area contributed by atoms with Crippen LogP contribution in [0.3, 0.4) is 0 Å². The SMILES string of the molecule is O=C(NCC1(Sc2ccccc2)CCCC1)C1CCCNC1. The van der Waals surface area contributed by atoms with E-state index in [9.17, 15) is 4.79 Å². The monoisotopic (exact) mass is 318 g/mol. The normalized spacial score (nSPS) is 24.1. The number of hydrogen-bond acceptors (Lipinski definition) is 3. The van der Waals surface area contributed by atoms with E-state index < -0.39 is 0 Å². The zero-order valence-electron chi connectivity index (χ0n) is 13.1. The molecule has 1 unspecified atom stereocenters. The van der Waals surface area contributed by atoms with Crippen LogP contribution in [0.2, 0.25) is 0 Å². The van der Waals surface area contributed by atoms with Gasteiger partial charge in [0.2, 0.25) is 5.91 Å². The summed E-state index contributed by atoms with van der Waals surface area (Å²) < 4.78 is 0.194. The first-order chi connectivity index (χ1) is 10.8. The van der Waals surface area contributed by atoms with Crippen LogP contribution in [0.1, 0.15) is 38.5 Å². The lowest BCUT2D eigenvalue weighted by atomic mass is 9.98. The molecule has 0 bridgehead atoms. The molecule has 0 radical (unpaired) electrons. The molecule has 1 aromatic rings. The number of thioether (sulfide) groups is 1. The molecule has 0 spiro atoms. The van der Waals surface area contributed by atoms with Crippen LogP contribution < -0.4 is 10.6 Å². The number of amides is 1. The molecule has 1 heterocycles. The average Bonchev–Trinajstić information content (AvgIpc) is 3.03. The summed E-state index contributed by atoms with van der Waals surface area (Å²) in [6.07, 6.45) is 7.10. The summed E-state index contributed by atoms with van der Waals surface area (Å²) >= 11 is 1.96. The lowest BCUT2D eigenvalue weighted by Gasteiger charge is -2.30. The Labute approximate surface area is 137 Å². The van der Waals surface area contributed by atoms with E-state index in [2.05, 4.69) is 41.0 Å². The van der Waals surface area contributed by atoms with Gasteiger partial charge in [0.05, 0.1) is 5.92 Å². The number of piperidine rings is 1. The van der Waals surface area contributed by atoms with Crippen LogP contribution in [-0.2, 0) is 4.79 Å². The molecule has 3 rings (SSSR count). The highest BCUT2D eigenvalue weighted by Gasteiger charge is 2.36. The van der Waals surface area contributed by atoms with Crippen molar-refractivity contribution in [3.8, 4) is 0 Å². The molecule has 1 saturated carbocycles. The lowest BCUT2D eigenvalue weighted by Crippen LogP contribution is -2.45. The fourth-order valence-electron chi connectivity index (χ4n) is 3.54. The van der Waals surface area contributed by atoms with Gasteiger partial charge in [0.25, 0.3) is 0 Å². The molecule has 3 nitrogen and oxygen atoms in total.